The van der Waals surface area contributed by atoms with Crippen LogP contribution >= 0.6 is 0 Å². The predicted octanol–water partition coefficient (Wildman–Crippen LogP) is 3.28. The van der Waals surface area contributed by atoms with E-state index in [0.717, 1.165) is 49.1 Å². The first-order valence-electron chi connectivity index (χ1n) is 9.59. The summed E-state index contributed by atoms with van der Waals surface area (Å²) in [6.45, 7) is 4.91. The number of hydrogen-bond acceptors (Lipinski definition) is 3. The van der Waals surface area contributed by atoms with Crippen LogP contribution in [0.4, 0.5) is 0 Å². The molecule has 1 aliphatic heterocycles. The van der Waals surface area contributed by atoms with Crippen molar-refractivity contribution in [3.63, 3.8) is 0 Å². The van der Waals surface area contributed by atoms with Gasteiger partial charge >= 0.3 is 0 Å². The summed E-state index contributed by atoms with van der Waals surface area (Å²) in [5.74, 6) is 0.0151. The number of carbonyl (C=O) groups is 1. The Hall–Kier alpha value is -2.66. The van der Waals surface area contributed by atoms with Crippen molar-refractivity contribution >= 4 is 16.8 Å². The van der Waals surface area contributed by atoms with E-state index in [9.17, 15) is 4.79 Å². The number of nitrogens with zero attached hydrogens (tertiary/aromatic N) is 3. The predicted molar refractivity (Wildman–Crippen MR) is 108 cm³/mol. The molecule has 0 bridgehead atoms. The summed E-state index contributed by atoms with van der Waals surface area (Å²) in [6.07, 6.45) is 5.84. The van der Waals surface area contributed by atoms with E-state index in [1.165, 1.54) is 11.1 Å². The standard InChI is InChI=1S/C22H26N4O/c1-16-6-3-8-18-12-20(25(2)21(16)18)22(27)24-19-9-5-11-26(15-19)14-17-7-4-10-23-13-17/h3-4,6-8,10,12-13,19H,5,9,11,14-15H2,1-2H3,(H,24,27)/t19-/m1/s1. The number of para-hydroxylation sites is 1. The topological polar surface area (TPSA) is 50.2 Å². The van der Waals surface area contributed by atoms with E-state index in [1.807, 2.05) is 36.0 Å². The molecule has 0 spiro atoms. The summed E-state index contributed by atoms with van der Waals surface area (Å²) in [4.78, 5) is 19.5. The van der Waals surface area contributed by atoms with Crippen LogP contribution in [0.5, 0.6) is 0 Å². The largest absolute Gasteiger partial charge is 0.347 e. The summed E-state index contributed by atoms with van der Waals surface area (Å²) < 4.78 is 2.01. The average molecular weight is 362 g/mol. The Morgan fingerprint density at radius 2 is 2.19 bits per heavy atom. The van der Waals surface area contributed by atoms with Gasteiger partial charge in [0.15, 0.2) is 0 Å². The van der Waals surface area contributed by atoms with Gasteiger partial charge in [-0.15, -0.1) is 0 Å². The van der Waals surface area contributed by atoms with Crippen LogP contribution in [-0.4, -0.2) is 39.5 Å². The molecule has 1 amide bonds. The summed E-state index contributed by atoms with van der Waals surface area (Å²) >= 11 is 0. The molecule has 1 atom stereocenters. The Balaban J connectivity index is 1.45. The minimum absolute atomic E-state index is 0.0151. The zero-order valence-electron chi connectivity index (χ0n) is 16.0. The van der Waals surface area contributed by atoms with Crippen molar-refractivity contribution in [2.24, 2.45) is 7.05 Å². The number of pyridine rings is 1. The van der Waals surface area contributed by atoms with Gasteiger partial charge in [0.1, 0.15) is 5.69 Å². The molecule has 5 nitrogen and oxygen atoms in total. The molecule has 1 N–H and O–H groups in total. The molecule has 1 fully saturated rings. The molecule has 1 saturated heterocycles. The van der Waals surface area contributed by atoms with Crippen LogP contribution in [-0.2, 0) is 13.6 Å². The van der Waals surface area contributed by atoms with Crippen LogP contribution in [0.15, 0.2) is 48.8 Å². The molecule has 3 aromatic rings. The van der Waals surface area contributed by atoms with E-state index < -0.39 is 0 Å². The first kappa shape index (κ1) is 17.7. The first-order chi connectivity index (χ1) is 13.1. The minimum atomic E-state index is 0.0151. The second kappa shape index (κ2) is 7.53. The van der Waals surface area contributed by atoms with Crippen molar-refractivity contribution in [3.8, 4) is 0 Å². The number of fused-ring (bicyclic) bond motifs is 1. The molecule has 1 aliphatic rings. The molecular weight excluding hydrogens is 336 g/mol. The molecule has 140 valence electrons. The lowest BCUT2D eigenvalue weighted by Gasteiger charge is -2.33. The van der Waals surface area contributed by atoms with Crippen LogP contribution in [0.2, 0.25) is 0 Å². The van der Waals surface area contributed by atoms with E-state index in [4.69, 9.17) is 0 Å². The van der Waals surface area contributed by atoms with Gasteiger partial charge in [-0.2, -0.15) is 0 Å². The van der Waals surface area contributed by atoms with Gasteiger partial charge in [0.2, 0.25) is 0 Å². The number of nitrogens with one attached hydrogen (secondary N) is 1. The number of carbonyl (C=O) groups excluding carboxylic acids is 1. The van der Waals surface area contributed by atoms with E-state index >= 15 is 0 Å². The van der Waals surface area contributed by atoms with Crippen LogP contribution in [0, 0.1) is 6.92 Å². The van der Waals surface area contributed by atoms with Crippen LogP contribution < -0.4 is 5.32 Å². The molecule has 3 heterocycles. The molecule has 0 radical (unpaired) electrons. The van der Waals surface area contributed by atoms with Crippen LogP contribution in [0.3, 0.4) is 0 Å². The Labute approximate surface area is 160 Å². The zero-order chi connectivity index (χ0) is 18.8. The van der Waals surface area contributed by atoms with Gasteiger partial charge < -0.3 is 9.88 Å². The van der Waals surface area contributed by atoms with Crippen molar-refractivity contribution in [1.29, 1.82) is 0 Å². The minimum Gasteiger partial charge on any atom is -0.347 e. The van der Waals surface area contributed by atoms with Gasteiger partial charge in [0.05, 0.1) is 5.52 Å². The fourth-order valence-electron chi connectivity index (χ4n) is 4.16. The fraction of sp³-hybridized carbons (Fsp3) is 0.364. The summed E-state index contributed by atoms with van der Waals surface area (Å²) in [5, 5.41) is 4.37. The summed E-state index contributed by atoms with van der Waals surface area (Å²) in [5.41, 5.74) is 4.26. The highest BCUT2D eigenvalue weighted by Crippen LogP contribution is 2.22. The summed E-state index contributed by atoms with van der Waals surface area (Å²) in [6, 6.07) is 12.4. The van der Waals surface area contributed by atoms with Crippen molar-refractivity contribution in [1.82, 2.24) is 19.8 Å². The van der Waals surface area contributed by atoms with Crippen molar-refractivity contribution in [2.75, 3.05) is 13.1 Å². The lowest BCUT2D eigenvalue weighted by Crippen LogP contribution is -2.47. The number of benzene rings is 1. The van der Waals surface area contributed by atoms with Gasteiger partial charge in [-0.05, 0) is 49.6 Å². The Morgan fingerprint density at radius 1 is 1.30 bits per heavy atom. The highest BCUT2D eigenvalue weighted by atomic mass is 16.2. The number of piperidine rings is 1. The van der Waals surface area contributed by atoms with Gasteiger partial charge in [-0.1, -0.05) is 24.3 Å². The van der Waals surface area contributed by atoms with Gasteiger partial charge in [0.25, 0.3) is 5.91 Å². The zero-order valence-corrected chi connectivity index (χ0v) is 16.0. The van der Waals surface area contributed by atoms with Crippen LogP contribution in [0.25, 0.3) is 10.9 Å². The van der Waals surface area contributed by atoms with Crippen molar-refractivity contribution in [2.45, 2.75) is 32.4 Å². The highest BCUT2D eigenvalue weighted by molar-refractivity contribution is 5.99. The normalized spacial score (nSPS) is 17.9. The second-order valence-electron chi connectivity index (χ2n) is 7.51. The highest BCUT2D eigenvalue weighted by Gasteiger charge is 2.23. The maximum atomic E-state index is 12.9. The fourth-order valence-corrected chi connectivity index (χ4v) is 4.16. The maximum absolute atomic E-state index is 12.9. The molecule has 0 aliphatic carbocycles. The maximum Gasteiger partial charge on any atom is 0.268 e. The molecule has 5 heteroatoms. The van der Waals surface area contributed by atoms with Crippen LogP contribution in [0.1, 0.15) is 34.5 Å². The SMILES string of the molecule is Cc1cccc2cc(C(=O)N[C@@H]3CCCN(Cc4cccnc4)C3)n(C)c12. The molecule has 27 heavy (non-hydrogen) atoms. The molecule has 4 rings (SSSR count). The number of aryl methyl sites for hydroxylation is 2. The molecule has 0 unspecified atom stereocenters. The van der Waals surface area contributed by atoms with E-state index in [0.29, 0.717) is 0 Å². The van der Waals surface area contributed by atoms with E-state index in [2.05, 4.69) is 40.3 Å². The monoisotopic (exact) mass is 362 g/mol. The number of rotatable bonds is 4. The number of likely N-dealkylation sites (tertiary alicyclic amines) is 1. The quantitative estimate of drug-likeness (QED) is 0.775. The molecular formula is C22H26N4O. The van der Waals surface area contributed by atoms with Crippen molar-refractivity contribution in [3.05, 3.63) is 65.6 Å². The van der Waals surface area contributed by atoms with Gasteiger partial charge in [0, 0.05) is 44.0 Å². The first-order valence-corrected chi connectivity index (χ1v) is 9.59. The Kier molecular flexibility index (Phi) is 4.94. The Morgan fingerprint density at radius 3 is 2.96 bits per heavy atom. The molecule has 0 saturated carbocycles. The smallest absolute Gasteiger partial charge is 0.268 e. The third-order valence-corrected chi connectivity index (χ3v) is 5.46. The number of amides is 1. The third-order valence-electron chi connectivity index (χ3n) is 5.46. The van der Waals surface area contributed by atoms with E-state index in [-0.39, 0.29) is 11.9 Å². The average Bonchev–Trinajstić information content (AvgIpc) is 3.01. The number of hydrogen-bond donors (Lipinski definition) is 1. The van der Waals surface area contributed by atoms with Gasteiger partial charge in [-0.25, -0.2) is 0 Å². The van der Waals surface area contributed by atoms with Crippen molar-refractivity contribution < 1.29 is 4.79 Å². The second-order valence-corrected chi connectivity index (χ2v) is 7.51. The third kappa shape index (κ3) is 3.74. The Bertz CT molecular complexity index is 948. The molecule has 2 aromatic heterocycles. The summed E-state index contributed by atoms with van der Waals surface area (Å²) in [7, 11) is 1.97. The van der Waals surface area contributed by atoms with Gasteiger partial charge in [-0.3, -0.25) is 14.7 Å². The molecule has 1 aromatic carbocycles. The number of aromatic nitrogens is 2. The lowest BCUT2D eigenvalue weighted by molar-refractivity contribution is 0.0893. The lowest BCUT2D eigenvalue weighted by atomic mass is 10.0. The van der Waals surface area contributed by atoms with E-state index in [1.54, 1.807) is 6.20 Å².